The Morgan fingerprint density at radius 2 is 0.837 bits per heavy atom. The molecule has 0 bridgehead atoms. The van der Waals surface area contributed by atoms with Crippen LogP contribution in [-0.2, 0) is 0 Å². The minimum Gasteiger partial charge on any atom is -0.208 e. The number of benzene rings is 6. The molecular weight excluding hydrogens is 543 g/mol. The van der Waals surface area contributed by atoms with Gasteiger partial charge in [-0.05, 0) is 34.4 Å². The molecule has 202 valence electrons. The summed E-state index contributed by atoms with van der Waals surface area (Å²) in [7, 11) is 0. The Kier molecular flexibility index (Phi) is 6.32. The first-order valence-electron chi connectivity index (χ1n) is 14.3. The van der Waals surface area contributed by atoms with Crippen molar-refractivity contribution in [1.29, 1.82) is 0 Å². The summed E-state index contributed by atoms with van der Waals surface area (Å²) in [6.07, 6.45) is 0. The molecule has 0 aliphatic rings. The van der Waals surface area contributed by atoms with Gasteiger partial charge in [0.25, 0.3) is 0 Å². The molecule has 0 spiro atoms. The van der Waals surface area contributed by atoms with Gasteiger partial charge in [-0.3, -0.25) is 0 Å². The fraction of sp³-hybridized carbons (Fsp3) is 0. The van der Waals surface area contributed by atoms with Gasteiger partial charge in [0.1, 0.15) is 0 Å². The third-order valence-corrected chi connectivity index (χ3v) is 8.88. The molecular formula is C39H25N3S. The van der Waals surface area contributed by atoms with E-state index in [0.717, 1.165) is 16.7 Å². The first kappa shape index (κ1) is 25.3. The van der Waals surface area contributed by atoms with E-state index >= 15 is 0 Å². The molecule has 0 saturated heterocycles. The van der Waals surface area contributed by atoms with E-state index in [1.807, 2.05) is 72.0 Å². The highest BCUT2D eigenvalue weighted by Gasteiger charge is 2.17. The van der Waals surface area contributed by atoms with Crippen molar-refractivity contribution in [1.82, 2.24) is 15.0 Å². The van der Waals surface area contributed by atoms with Gasteiger partial charge in [0.05, 0.1) is 0 Å². The van der Waals surface area contributed by atoms with Crippen LogP contribution in [0.4, 0.5) is 0 Å². The molecule has 8 aromatic rings. The Morgan fingerprint density at radius 1 is 0.349 bits per heavy atom. The van der Waals surface area contributed by atoms with Gasteiger partial charge < -0.3 is 0 Å². The molecule has 0 radical (unpaired) electrons. The van der Waals surface area contributed by atoms with E-state index in [0.29, 0.717) is 17.5 Å². The fourth-order valence-electron chi connectivity index (χ4n) is 5.61. The maximum absolute atomic E-state index is 5.02. The molecule has 3 nitrogen and oxygen atoms in total. The standard InChI is InChI=1S/C39H25N3S/c1-4-11-26(12-5-1)27-19-21-28(22-20-27)31-23-24-32-35(25-31)43-34-18-10-17-33(36(32)34)39-41-37(29-13-6-2-7-14-29)40-38(42-39)30-15-8-3-9-16-30/h1-25H. The van der Waals surface area contributed by atoms with Crippen LogP contribution in [0, 0.1) is 0 Å². The van der Waals surface area contributed by atoms with E-state index in [2.05, 4.69) is 91.0 Å². The van der Waals surface area contributed by atoms with Crippen molar-refractivity contribution in [2.45, 2.75) is 0 Å². The highest BCUT2D eigenvalue weighted by molar-refractivity contribution is 7.26. The Balaban J connectivity index is 1.25. The zero-order valence-electron chi connectivity index (χ0n) is 23.2. The number of rotatable bonds is 5. The van der Waals surface area contributed by atoms with E-state index in [9.17, 15) is 0 Å². The molecule has 0 saturated carbocycles. The van der Waals surface area contributed by atoms with Crippen LogP contribution in [-0.4, -0.2) is 15.0 Å². The molecule has 0 unspecified atom stereocenters. The molecule has 6 aromatic carbocycles. The first-order valence-corrected chi connectivity index (χ1v) is 15.1. The lowest BCUT2D eigenvalue weighted by atomic mass is 9.99. The van der Waals surface area contributed by atoms with Crippen LogP contribution in [0.25, 0.3) is 76.6 Å². The molecule has 2 heterocycles. The van der Waals surface area contributed by atoms with Crippen LogP contribution in [0.1, 0.15) is 0 Å². The highest BCUT2D eigenvalue weighted by Crippen LogP contribution is 2.41. The number of aromatic nitrogens is 3. The Labute approximate surface area is 253 Å². The maximum Gasteiger partial charge on any atom is 0.164 e. The van der Waals surface area contributed by atoms with Gasteiger partial charge in [0.2, 0.25) is 0 Å². The lowest BCUT2D eigenvalue weighted by molar-refractivity contribution is 1.08. The van der Waals surface area contributed by atoms with Gasteiger partial charge in [-0.15, -0.1) is 11.3 Å². The van der Waals surface area contributed by atoms with Crippen molar-refractivity contribution in [3.05, 3.63) is 152 Å². The van der Waals surface area contributed by atoms with Gasteiger partial charge in [0.15, 0.2) is 17.5 Å². The molecule has 0 aliphatic heterocycles. The van der Waals surface area contributed by atoms with Gasteiger partial charge in [0, 0.05) is 36.9 Å². The average Bonchev–Trinajstić information content (AvgIpc) is 3.47. The fourth-order valence-corrected chi connectivity index (χ4v) is 6.78. The predicted molar refractivity (Wildman–Crippen MR) is 180 cm³/mol. The van der Waals surface area contributed by atoms with Crippen LogP contribution in [0.15, 0.2) is 152 Å². The van der Waals surface area contributed by atoms with Gasteiger partial charge in [-0.1, -0.05) is 140 Å². The summed E-state index contributed by atoms with van der Waals surface area (Å²) in [6.45, 7) is 0. The lowest BCUT2D eigenvalue weighted by Gasteiger charge is -2.09. The summed E-state index contributed by atoms with van der Waals surface area (Å²) in [6, 6.07) is 52.8. The molecule has 0 atom stereocenters. The molecule has 4 heteroatoms. The van der Waals surface area contributed by atoms with Crippen molar-refractivity contribution in [3.63, 3.8) is 0 Å². The van der Waals surface area contributed by atoms with Crippen molar-refractivity contribution in [2.24, 2.45) is 0 Å². The first-order chi connectivity index (χ1) is 21.3. The van der Waals surface area contributed by atoms with E-state index in [1.165, 1.54) is 42.4 Å². The number of hydrogen-bond donors (Lipinski definition) is 0. The second-order valence-corrected chi connectivity index (χ2v) is 11.6. The van der Waals surface area contributed by atoms with Crippen molar-refractivity contribution >= 4 is 31.5 Å². The predicted octanol–water partition coefficient (Wildman–Crippen LogP) is 10.6. The van der Waals surface area contributed by atoms with Crippen LogP contribution in [0.3, 0.4) is 0 Å². The summed E-state index contributed by atoms with van der Waals surface area (Å²) < 4.78 is 2.46. The molecule has 0 fully saturated rings. The van der Waals surface area contributed by atoms with Crippen molar-refractivity contribution in [2.75, 3.05) is 0 Å². The maximum atomic E-state index is 5.02. The summed E-state index contributed by atoms with van der Waals surface area (Å²) in [5, 5.41) is 2.39. The van der Waals surface area contributed by atoms with Gasteiger partial charge in [-0.2, -0.15) is 0 Å². The van der Waals surface area contributed by atoms with E-state index in [-0.39, 0.29) is 0 Å². The second-order valence-electron chi connectivity index (χ2n) is 10.5. The SMILES string of the molecule is c1ccc(-c2ccc(-c3ccc4c(c3)sc3cccc(-c5nc(-c6ccccc6)nc(-c6ccccc6)n5)c34)cc2)cc1. The second kappa shape index (κ2) is 10.8. The van der Waals surface area contributed by atoms with Crippen molar-refractivity contribution < 1.29 is 0 Å². The van der Waals surface area contributed by atoms with E-state index in [1.54, 1.807) is 0 Å². The molecule has 2 aromatic heterocycles. The zero-order chi connectivity index (χ0) is 28.6. The minimum absolute atomic E-state index is 0.669. The van der Waals surface area contributed by atoms with Crippen molar-refractivity contribution in [3.8, 4) is 56.4 Å². The third kappa shape index (κ3) is 4.78. The van der Waals surface area contributed by atoms with Crippen LogP contribution < -0.4 is 0 Å². The smallest absolute Gasteiger partial charge is 0.164 e. The topological polar surface area (TPSA) is 38.7 Å². The van der Waals surface area contributed by atoms with E-state index < -0.39 is 0 Å². The average molecular weight is 568 g/mol. The number of nitrogens with zero attached hydrogens (tertiary/aromatic N) is 3. The van der Waals surface area contributed by atoms with Gasteiger partial charge >= 0.3 is 0 Å². The Bertz CT molecular complexity index is 2150. The Hall–Kier alpha value is -5.45. The van der Waals surface area contributed by atoms with Crippen LogP contribution in [0.2, 0.25) is 0 Å². The number of thiophene rings is 1. The largest absolute Gasteiger partial charge is 0.208 e. The Morgan fingerprint density at radius 3 is 1.44 bits per heavy atom. The quantitative estimate of drug-likeness (QED) is 0.208. The number of hydrogen-bond acceptors (Lipinski definition) is 4. The lowest BCUT2D eigenvalue weighted by Crippen LogP contribution is -2.00. The molecule has 0 N–H and O–H groups in total. The summed E-state index contributed by atoms with van der Waals surface area (Å²) in [5.41, 5.74) is 7.81. The minimum atomic E-state index is 0.669. The number of fused-ring (bicyclic) bond motifs is 3. The zero-order valence-corrected chi connectivity index (χ0v) is 24.0. The summed E-state index contributed by atoms with van der Waals surface area (Å²) in [4.78, 5) is 14.9. The molecule has 43 heavy (non-hydrogen) atoms. The highest BCUT2D eigenvalue weighted by atomic mass is 32.1. The monoisotopic (exact) mass is 567 g/mol. The molecule has 8 rings (SSSR count). The molecule has 0 aliphatic carbocycles. The summed E-state index contributed by atoms with van der Waals surface area (Å²) in [5.74, 6) is 2.02. The molecule has 0 amide bonds. The van der Waals surface area contributed by atoms with Crippen LogP contribution in [0.5, 0.6) is 0 Å². The third-order valence-electron chi connectivity index (χ3n) is 7.76. The van der Waals surface area contributed by atoms with Crippen LogP contribution >= 0.6 is 11.3 Å². The summed E-state index contributed by atoms with van der Waals surface area (Å²) >= 11 is 1.81. The normalized spacial score (nSPS) is 11.3. The van der Waals surface area contributed by atoms with Gasteiger partial charge in [-0.25, -0.2) is 15.0 Å². The van der Waals surface area contributed by atoms with E-state index in [4.69, 9.17) is 15.0 Å².